The van der Waals surface area contributed by atoms with Crippen molar-refractivity contribution in [1.29, 1.82) is 0 Å². The zero-order valence-electron chi connectivity index (χ0n) is 6.59. The van der Waals surface area contributed by atoms with Crippen molar-refractivity contribution >= 4 is 12.2 Å². The van der Waals surface area contributed by atoms with Crippen LogP contribution in [0.25, 0.3) is 0 Å². The predicted octanol–water partition coefficient (Wildman–Crippen LogP) is 1.24. The van der Waals surface area contributed by atoms with E-state index in [2.05, 4.69) is 9.98 Å². The van der Waals surface area contributed by atoms with E-state index in [4.69, 9.17) is 4.74 Å². The molecule has 0 atom stereocenters. The van der Waals surface area contributed by atoms with Crippen molar-refractivity contribution < 1.29 is 4.74 Å². The molecule has 56 valence electrons. The molecule has 0 N–H and O–H groups in total. The van der Waals surface area contributed by atoms with Gasteiger partial charge in [-0.1, -0.05) is 0 Å². The third-order valence-electron chi connectivity index (χ3n) is 1.15. The molecule has 1 rings (SSSR count). The molecule has 10 heavy (non-hydrogen) atoms. The van der Waals surface area contributed by atoms with E-state index in [1.165, 1.54) is 0 Å². The summed E-state index contributed by atoms with van der Waals surface area (Å²) < 4.78 is 5.09. The number of aliphatic imine (C=N–C) groups is 2. The average molecular weight is 140 g/mol. The molecule has 0 aliphatic carbocycles. The molecule has 0 aromatic heterocycles. The monoisotopic (exact) mass is 140 g/mol. The van der Waals surface area contributed by atoms with Gasteiger partial charge in [0.2, 0.25) is 0 Å². The molecule has 1 heterocycles. The molecule has 0 saturated carbocycles. The van der Waals surface area contributed by atoms with Crippen molar-refractivity contribution in [2.24, 2.45) is 9.98 Å². The van der Waals surface area contributed by atoms with E-state index in [0.29, 0.717) is 12.6 Å². The van der Waals surface area contributed by atoms with Gasteiger partial charge >= 0.3 is 6.02 Å². The van der Waals surface area contributed by atoms with Crippen LogP contribution in [0.15, 0.2) is 9.98 Å². The van der Waals surface area contributed by atoms with Gasteiger partial charge in [0.25, 0.3) is 0 Å². The Morgan fingerprint density at radius 3 is 2.70 bits per heavy atom. The molecule has 0 radical (unpaired) electrons. The molecule has 3 nitrogen and oxygen atoms in total. The second kappa shape index (κ2) is 2.40. The van der Waals surface area contributed by atoms with Gasteiger partial charge < -0.3 is 4.74 Å². The maximum atomic E-state index is 5.09. The van der Waals surface area contributed by atoms with E-state index in [0.717, 1.165) is 0 Å². The van der Waals surface area contributed by atoms with Crippen molar-refractivity contribution in [2.75, 3.05) is 6.61 Å². The lowest BCUT2D eigenvalue weighted by atomic mass is 10.1. The topological polar surface area (TPSA) is 34.0 Å². The van der Waals surface area contributed by atoms with Crippen LogP contribution in [0.3, 0.4) is 0 Å². The Labute approximate surface area is 60.8 Å². The van der Waals surface area contributed by atoms with E-state index < -0.39 is 0 Å². The summed E-state index contributed by atoms with van der Waals surface area (Å²) in [5.41, 5.74) is -0.162. The first kappa shape index (κ1) is 7.25. The molecule has 0 saturated heterocycles. The number of nitrogens with zero attached hydrogens (tertiary/aromatic N) is 2. The molecule has 0 unspecified atom stereocenters. The highest BCUT2D eigenvalue weighted by atomic mass is 16.5. The fourth-order valence-electron chi connectivity index (χ4n) is 0.716. The normalized spacial score (nSPS) is 20.9. The quantitative estimate of drug-likeness (QED) is 0.539. The van der Waals surface area contributed by atoms with E-state index in [-0.39, 0.29) is 5.54 Å². The zero-order valence-corrected chi connectivity index (χ0v) is 6.59. The molecule has 0 spiro atoms. The fraction of sp³-hybridized carbons (Fsp3) is 0.714. The van der Waals surface area contributed by atoms with E-state index in [1.54, 1.807) is 6.21 Å². The van der Waals surface area contributed by atoms with Crippen molar-refractivity contribution in [2.45, 2.75) is 26.3 Å². The molecule has 0 bridgehead atoms. The van der Waals surface area contributed by atoms with E-state index in [9.17, 15) is 0 Å². The first-order valence-corrected chi connectivity index (χ1v) is 3.42. The van der Waals surface area contributed by atoms with Gasteiger partial charge in [0.05, 0.1) is 12.1 Å². The summed E-state index contributed by atoms with van der Waals surface area (Å²) in [6.07, 6.45) is 1.79. The maximum absolute atomic E-state index is 5.09. The van der Waals surface area contributed by atoms with Crippen molar-refractivity contribution in [3.63, 3.8) is 0 Å². The number of rotatable bonds is 1. The Balaban J connectivity index is 2.59. The Hall–Kier alpha value is -0.860. The van der Waals surface area contributed by atoms with Gasteiger partial charge in [0.15, 0.2) is 0 Å². The smallest absolute Gasteiger partial charge is 0.312 e. The van der Waals surface area contributed by atoms with E-state index >= 15 is 0 Å². The van der Waals surface area contributed by atoms with Crippen LogP contribution in [-0.4, -0.2) is 24.4 Å². The maximum Gasteiger partial charge on any atom is 0.312 e. The van der Waals surface area contributed by atoms with Crippen molar-refractivity contribution in [3.8, 4) is 0 Å². The minimum absolute atomic E-state index is 0.162. The lowest BCUT2D eigenvalue weighted by molar-refractivity contribution is 0.321. The van der Waals surface area contributed by atoms with Crippen LogP contribution < -0.4 is 0 Å². The number of amidine groups is 1. The highest BCUT2D eigenvalue weighted by Crippen LogP contribution is 2.12. The molecule has 0 aromatic carbocycles. The SMILES string of the molecule is CCOC1=NC(C)(C)C=N1. The number of hydrogen-bond acceptors (Lipinski definition) is 3. The molecular formula is C7H12N2O. The largest absolute Gasteiger partial charge is 0.464 e. The third kappa shape index (κ3) is 1.56. The highest BCUT2D eigenvalue weighted by molar-refractivity contribution is 5.93. The van der Waals surface area contributed by atoms with Crippen LogP contribution in [0, 0.1) is 0 Å². The fourth-order valence-corrected chi connectivity index (χ4v) is 0.716. The summed E-state index contributed by atoms with van der Waals surface area (Å²) in [6.45, 7) is 6.53. The molecule has 0 amide bonds. The van der Waals surface area contributed by atoms with Gasteiger partial charge in [-0.15, -0.1) is 0 Å². The Morgan fingerprint density at radius 1 is 1.60 bits per heavy atom. The second-order valence-electron chi connectivity index (χ2n) is 2.74. The van der Waals surface area contributed by atoms with Crippen LogP contribution in [-0.2, 0) is 4.74 Å². The zero-order chi connectivity index (χ0) is 7.61. The Morgan fingerprint density at radius 2 is 2.30 bits per heavy atom. The van der Waals surface area contributed by atoms with E-state index in [1.807, 2.05) is 20.8 Å². The summed E-state index contributed by atoms with van der Waals surface area (Å²) in [4.78, 5) is 8.16. The lowest BCUT2D eigenvalue weighted by Gasteiger charge is -2.05. The van der Waals surface area contributed by atoms with Gasteiger partial charge in [0.1, 0.15) is 0 Å². The standard InChI is InChI=1S/C7H12N2O/c1-4-10-6-8-5-7(2,3)9-6/h5H,4H2,1-3H3. The summed E-state index contributed by atoms with van der Waals surface area (Å²) in [5, 5.41) is 0. The van der Waals surface area contributed by atoms with Crippen molar-refractivity contribution in [1.82, 2.24) is 0 Å². The molecule has 0 aromatic rings. The van der Waals surface area contributed by atoms with Crippen LogP contribution in [0.2, 0.25) is 0 Å². The van der Waals surface area contributed by atoms with Crippen LogP contribution in [0.5, 0.6) is 0 Å². The minimum Gasteiger partial charge on any atom is -0.464 e. The first-order chi connectivity index (χ1) is 4.64. The highest BCUT2D eigenvalue weighted by Gasteiger charge is 2.20. The molecule has 3 heteroatoms. The molecule has 1 aliphatic heterocycles. The summed E-state index contributed by atoms with van der Waals surface area (Å²) in [6, 6.07) is 0.507. The van der Waals surface area contributed by atoms with Gasteiger partial charge in [-0.05, 0) is 20.8 Å². The van der Waals surface area contributed by atoms with Gasteiger partial charge in [0, 0.05) is 6.21 Å². The Bertz CT molecular complexity index is 182. The Kier molecular flexibility index (Phi) is 1.74. The number of ether oxygens (including phenoxy) is 1. The summed E-state index contributed by atoms with van der Waals surface area (Å²) in [5.74, 6) is 0. The summed E-state index contributed by atoms with van der Waals surface area (Å²) in [7, 11) is 0. The summed E-state index contributed by atoms with van der Waals surface area (Å²) >= 11 is 0. The average Bonchev–Trinajstić information content (AvgIpc) is 2.12. The third-order valence-corrected chi connectivity index (χ3v) is 1.15. The number of hydrogen-bond donors (Lipinski definition) is 0. The van der Waals surface area contributed by atoms with Crippen LogP contribution >= 0.6 is 0 Å². The van der Waals surface area contributed by atoms with Gasteiger partial charge in [-0.3, -0.25) is 0 Å². The predicted molar refractivity (Wildman–Crippen MR) is 41.6 cm³/mol. The van der Waals surface area contributed by atoms with Crippen molar-refractivity contribution in [3.05, 3.63) is 0 Å². The lowest BCUT2D eigenvalue weighted by Crippen LogP contribution is -2.14. The molecule has 1 aliphatic rings. The van der Waals surface area contributed by atoms with Crippen LogP contribution in [0.1, 0.15) is 20.8 Å². The molecular weight excluding hydrogens is 128 g/mol. The van der Waals surface area contributed by atoms with Crippen LogP contribution in [0.4, 0.5) is 0 Å². The van der Waals surface area contributed by atoms with Gasteiger partial charge in [-0.2, -0.15) is 0 Å². The second-order valence-corrected chi connectivity index (χ2v) is 2.74. The molecule has 0 fully saturated rings. The minimum atomic E-state index is -0.162. The first-order valence-electron chi connectivity index (χ1n) is 3.42. The van der Waals surface area contributed by atoms with Gasteiger partial charge in [-0.25, -0.2) is 9.98 Å².